The number of rotatable bonds is 3. The molecular formula is C8H6ClFO5S. The van der Waals surface area contributed by atoms with Crippen molar-refractivity contribution < 1.29 is 26.9 Å². The first kappa shape index (κ1) is 12.7. The minimum absolute atomic E-state index is 0.148. The van der Waals surface area contributed by atoms with Crippen LogP contribution in [0.2, 0.25) is 5.02 Å². The molecule has 0 radical (unpaired) electrons. The molecule has 1 aromatic carbocycles. The first-order valence-corrected chi connectivity index (χ1v) is 5.59. The van der Waals surface area contributed by atoms with E-state index in [1.165, 1.54) is 7.11 Å². The third-order valence-corrected chi connectivity index (χ3v) is 3.03. The number of halogens is 2. The van der Waals surface area contributed by atoms with Crippen molar-refractivity contribution in [2.45, 2.75) is 4.90 Å². The minimum Gasteiger partial charge on any atom is -0.496 e. The molecule has 0 aliphatic rings. The predicted octanol–water partition coefficient (Wildman–Crippen LogP) is 1.71. The fraction of sp³-hybridized carbons (Fsp3) is 0.125. The maximum atomic E-state index is 12.7. The highest BCUT2D eigenvalue weighted by molar-refractivity contribution is 7.86. The first-order valence-electron chi connectivity index (χ1n) is 3.83. The van der Waals surface area contributed by atoms with Crippen LogP contribution >= 0.6 is 11.6 Å². The van der Waals surface area contributed by atoms with Crippen molar-refractivity contribution in [2.75, 3.05) is 7.11 Å². The topological polar surface area (TPSA) is 80.7 Å². The van der Waals surface area contributed by atoms with Gasteiger partial charge >= 0.3 is 16.2 Å². The molecule has 1 rings (SSSR count). The second-order valence-electron chi connectivity index (χ2n) is 2.73. The Morgan fingerprint density at radius 2 is 2.06 bits per heavy atom. The Morgan fingerprint density at radius 1 is 1.50 bits per heavy atom. The van der Waals surface area contributed by atoms with Gasteiger partial charge < -0.3 is 9.84 Å². The first-order chi connectivity index (χ1) is 7.27. The quantitative estimate of drug-likeness (QED) is 0.844. The number of hydrogen-bond acceptors (Lipinski definition) is 4. The molecule has 0 saturated heterocycles. The number of aromatic carboxylic acids is 1. The average Bonchev–Trinajstić information content (AvgIpc) is 2.14. The van der Waals surface area contributed by atoms with Crippen LogP contribution in [0.25, 0.3) is 0 Å². The number of benzene rings is 1. The summed E-state index contributed by atoms with van der Waals surface area (Å²) in [4.78, 5) is 9.83. The molecule has 5 nitrogen and oxygen atoms in total. The lowest BCUT2D eigenvalue weighted by Crippen LogP contribution is -2.04. The number of ether oxygens (including phenoxy) is 1. The molecule has 0 spiro atoms. The fourth-order valence-electron chi connectivity index (χ4n) is 1.06. The molecule has 88 valence electrons. The van der Waals surface area contributed by atoms with E-state index >= 15 is 0 Å². The Labute approximate surface area is 95.6 Å². The summed E-state index contributed by atoms with van der Waals surface area (Å²) in [5.74, 6) is -1.59. The molecular weight excluding hydrogens is 263 g/mol. The van der Waals surface area contributed by atoms with Crippen molar-refractivity contribution in [3.8, 4) is 5.75 Å². The Kier molecular flexibility index (Phi) is 3.39. The monoisotopic (exact) mass is 268 g/mol. The van der Waals surface area contributed by atoms with Gasteiger partial charge in [0.2, 0.25) is 0 Å². The van der Waals surface area contributed by atoms with Crippen LogP contribution in [0, 0.1) is 0 Å². The van der Waals surface area contributed by atoms with E-state index in [0.717, 1.165) is 6.07 Å². The molecule has 0 saturated carbocycles. The molecule has 1 aromatic rings. The second kappa shape index (κ2) is 4.26. The summed E-state index contributed by atoms with van der Waals surface area (Å²) in [6.45, 7) is 0. The lowest BCUT2D eigenvalue weighted by Gasteiger charge is -2.07. The van der Waals surface area contributed by atoms with Crippen molar-refractivity contribution in [3.63, 3.8) is 0 Å². The van der Waals surface area contributed by atoms with Crippen LogP contribution in [-0.4, -0.2) is 26.6 Å². The Hall–Kier alpha value is -1.34. The number of carbonyl (C=O) groups is 1. The lowest BCUT2D eigenvalue weighted by molar-refractivity contribution is 0.0693. The highest BCUT2D eigenvalue weighted by Gasteiger charge is 2.22. The van der Waals surface area contributed by atoms with E-state index in [0.29, 0.717) is 6.07 Å². The Bertz CT molecular complexity index is 540. The number of hydrogen-bond donors (Lipinski definition) is 1. The van der Waals surface area contributed by atoms with Gasteiger partial charge in [-0.2, -0.15) is 8.42 Å². The van der Waals surface area contributed by atoms with Gasteiger partial charge in [0, 0.05) is 6.07 Å². The Morgan fingerprint density at radius 3 is 2.44 bits per heavy atom. The highest BCUT2D eigenvalue weighted by Crippen LogP contribution is 2.31. The van der Waals surface area contributed by atoms with E-state index in [2.05, 4.69) is 4.74 Å². The van der Waals surface area contributed by atoms with Crippen LogP contribution < -0.4 is 4.74 Å². The van der Waals surface area contributed by atoms with Gasteiger partial charge in [-0.25, -0.2) is 4.79 Å². The number of methoxy groups -OCH3 is 1. The third-order valence-electron chi connectivity index (χ3n) is 1.75. The van der Waals surface area contributed by atoms with Crippen molar-refractivity contribution in [1.29, 1.82) is 0 Å². The van der Waals surface area contributed by atoms with Gasteiger partial charge in [0.25, 0.3) is 0 Å². The molecule has 0 unspecified atom stereocenters. The van der Waals surface area contributed by atoms with Crippen LogP contribution in [0.3, 0.4) is 0 Å². The number of carboxylic acid groups (broad SMARTS) is 1. The summed E-state index contributed by atoms with van der Waals surface area (Å²) in [7, 11) is -3.88. The van der Waals surface area contributed by atoms with Gasteiger partial charge in [0.1, 0.15) is 16.2 Å². The van der Waals surface area contributed by atoms with E-state index in [9.17, 15) is 17.1 Å². The molecule has 0 aliphatic heterocycles. The summed E-state index contributed by atoms with van der Waals surface area (Å²) in [6, 6.07) is 1.54. The van der Waals surface area contributed by atoms with Crippen LogP contribution in [-0.2, 0) is 10.2 Å². The van der Waals surface area contributed by atoms with Gasteiger partial charge in [-0.1, -0.05) is 11.6 Å². The standard InChI is InChI=1S/C8H6ClFO5S/c1-15-6-3-5(9)7(16(10,13)14)2-4(6)8(11)12/h2-3H,1H3,(H,11,12). The zero-order valence-electron chi connectivity index (χ0n) is 7.90. The molecule has 16 heavy (non-hydrogen) atoms. The van der Waals surface area contributed by atoms with Gasteiger partial charge in [-0.05, 0) is 6.07 Å². The molecule has 0 aromatic heterocycles. The average molecular weight is 269 g/mol. The van der Waals surface area contributed by atoms with Crippen LogP contribution in [0.15, 0.2) is 17.0 Å². The highest BCUT2D eigenvalue weighted by atomic mass is 35.5. The number of carboxylic acids is 1. The Balaban J connectivity index is 3.58. The lowest BCUT2D eigenvalue weighted by atomic mass is 10.2. The largest absolute Gasteiger partial charge is 0.496 e. The smallest absolute Gasteiger partial charge is 0.339 e. The maximum absolute atomic E-state index is 12.7. The third kappa shape index (κ3) is 2.42. The van der Waals surface area contributed by atoms with Crippen LogP contribution in [0.5, 0.6) is 5.75 Å². The van der Waals surface area contributed by atoms with E-state index in [4.69, 9.17) is 16.7 Å². The summed E-state index contributed by atoms with van der Waals surface area (Å²) in [5.41, 5.74) is -0.483. The van der Waals surface area contributed by atoms with E-state index < -0.39 is 31.7 Å². The molecule has 1 N–H and O–H groups in total. The summed E-state index contributed by atoms with van der Waals surface area (Å²) >= 11 is 5.48. The van der Waals surface area contributed by atoms with Crippen molar-refractivity contribution in [3.05, 3.63) is 22.7 Å². The zero-order valence-corrected chi connectivity index (χ0v) is 9.47. The van der Waals surface area contributed by atoms with Crippen molar-refractivity contribution >= 4 is 27.8 Å². The van der Waals surface area contributed by atoms with Crippen LogP contribution in [0.4, 0.5) is 3.89 Å². The molecule has 0 bridgehead atoms. The summed E-state index contributed by atoms with van der Waals surface area (Å²) < 4.78 is 38.7. The molecule has 0 atom stereocenters. The second-order valence-corrected chi connectivity index (χ2v) is 4.45. The molecule has 0 heterocycles. The van der Waals surface area contributed by atoms with Crippen molar-refractivity contribution in [1.82, 2.24) is 0 Å². The van der Waals surface area contributed by atoms with Gasteiger partial charge in [0.15, 0.2) is 0 Å². The molecule has 0 aliphatic carbocycles. The SMILES string of the molecule is COc1cc(Cl)c(S(=O)(=O)F)cc1C(=O)O. The summed E-state index contributed by atoms with van der Waals surface area (Å²) in [6.07, 6.45) is 0. The predicted molar refractivity (Wildman–Crippen MR) is 53.3 cm³/mol. The van der Waals surface area contributed by atoms with E-state index in [1.807, 2.05) is 0 Å². The minimum atomic E-state index is -5.07. The molecule has 0 amide bonds. The fourth-order valence-corrected chi connectivity index (χ4v) is 2.04. The van der Waals surface area contributed by atoms with Gasteiger partial charge in [-0.3, -0.25) is 0 Å². The molecule has 8 heteroatoms. The maximum Gasteiger partial charge on any atom is 0.339 e. The van der Waals surface area contributed by atoms with Crippen molar-refractivity contribution in [2.24, 2.45) is 0 Å². The van der Waals surface area contributed by atoms with E-state index in [1.54, 1.807) is 0 Å². The normalized spacial score (nSPS) is 11.2. The van der Waals surface area contributed by atoms with Gasteiger partial charge in [-0.15, -0.1) is 3.89 Å². The summed E-state index contributed by atoms with van der Waals surface area (Å²) in [5, 5.41) is 8.30. The van der Waals surface area contributed by atoms with Crippen LogP contribution in [0.1, 0.15) is 10.4 Å². The van der Waals surface area contributed by atoms with E-state index in [-0.39, 0.29) is 5.75 Å². The molecule has 0 fully saturated rings. The zero-order chi connectivity index (χ0) is 12.5. The van der Waals surface area contributed by atoms with Gasteiger partial charge in [0.05, 0.1) is 12.1 Å².